The van der Waals surface area contributed by atoms with Crippen molar-refractivity contribution < 1.29 is 18.6 Å². The average Bonchev–Trinajstić information content (AvgIpc) is 2.75. The van der Waals surface area contributed by atoms with E-state index >= 15 is 0 Å². The van der Waals surface area contributed by atoms with Gasteiger partial charge in [0, 0.05) is 0 Å². The molecular weight excluding hydrogens is 371 g/mol. The molecule has 0 aliphatic rings. The summed E-state index contributed by atoms with van der Waals surface area (Å²) in [5.74, 6) is -0.950. The third kappa shape index (κ3) is 3.21. The Hall–Kier alpha value is -2.97. The van der Waals surface area contributed by atoms with Gasteiger partial charge in [0.25, 0.3) is 0 Å². The molecule has 3 rings (SSSR count). The Morgan fingerprint density at radius 3 is 1.32 bits per heavy atom. The monoisotopic (exact) mass is 394 g/mol. The Kier molecular flexibility index (Phi) is 5.62. The number of hydrogen-bond acceptors (Lipinski definition) is 4. The first-order valence-electron chi connectivity index (χ1n) is 9.15. The molecule has 0 spiro atoms. The first-order valence-corrected chi connectivity index (χ1v) is 11.2. The molecule has 0 bridgehead atoms. The molecule has 0 unspecified atom stereocenters. The first kappa shape index (κ1) is 19.8. The second kappa shape index (κ2) is 7.95. The Labute approximate surface area is 165 Å². The van der Waals surface area contributed by atoms with E-state index in [0.29, 0.717) is 15.9 Å². The van der Waals surface area contributed by atoms with Crippen molar-refractivity contribution in [3.8, 4) is 0 Å². The molecule has 3 aromatic carbocycles. The van der Waals surface area contributed by atoms with Crippen molar-refractivity contribution in [3.05, 3.63) is 91.0 Å². The van der Waals surface area contributed by atoms with Crippen LogP contribution in [0, 0.1) is 0 Å². The SMILES string of the molecule is CCC(=O)OP(OC(C)=O)(c1ccccc1)(c1ccccc1)c1ccccc1. The predicted octanol–water partition coefficient (Wildman–Crippen LogP) is 3.86. The van der Waals surface area contributed by atoms with E-state index in [-0.39, 0.29) is 6.42 Å². The van der Waals surface area contributed by atoms with Gasteiger partial charge in [-0.25, -0.2) is 0 Å². The Morgan fingerprint density at radius 1 is 0.679 bits per heavy atom. The summed E-state index contributed by atoms with van der Waals surface area (Å²) in [4.78, 5) is 25.2. The van der Waals surface area contributed by atoms with Gasteiger partial charge in [-0.15, -0.1) is 0 Å². The van der Waals surface area contributed by atoms with E-state index in [4.69, 9.17) is 9.05 Å². The molecule has 144 valence electrons. The van der Waals surface area contributed by atoms with Gasteiger partial charge < -0.3 is 0 Å². The summed E-state index contributed by atoms with van der Waals surface area (Å²) in [5, 5.41) is 1.97. The van der Waals surface area contributed by atoms with Gasteiger partial charge in [0.05, 0.1) is 0 Å². The van der Waals surface area contributed by atoms with Crippen molar-refractivity contribution in [2.24, 2.45) is 0 Å². The standard InChI is InChI=1S/C23H23O4P/c1-3-23(25)27-28(26-19(2)24,20-13-7-4-8-14-20,21-15-9-5-10-16-21)22-17-11-6-12-18-22/h4-18H,3H2,1-2H3. The molecule has 0 heterocycles. The van der Waals surface area contributed by atoms with Crippen molar-refractivity contribution in [2.45, 2.75) is 20.3 Å². The van der Waals surface area contributed by atoms with Gasteiger partial charge in [-0.2, -0.15) is 0 Å². The van der Waals surface area contributed by atoms with Crippen LogP contribution in [0.5, 0.6) is 0 Å². The first-order chi connectivity index (χ1) is 13.5. The summed E-state index contributed by atoms with van der Waals surface area (Å²) >= 11 is 0. The molecule has 0 aliphatic carbocycles. The quantitative estimate of drug-likeness (QED) is 0.596. The molecule has 0 fully saturated rings. The third-order valence-electron chi connectivity index (χ3n) is 4.54. The topological polar surface area (TPSA) is 52.6 Å². The Morgan fingerprint density at radius 2 is 1.04 bits per heavy atom. The molecule has 4 nitrogen and oxygen atoms in total. The molecule has 0 N–H and O–H groups in total. The summed E-state index contributed by atoms with van der Waals surface area (Å²) in [5.41, 5.74) is 0. The summed E-state index contributed by atoms with van der Waals surface area (Å²) in [6, 6.07) is 27.8. The van der Waals surface area contributed by atoms with Gasteiger partial charge in [0.2, 0.25) is 0 Å². The second-order valence-electron chi connectivity index (χ2n) is 6.36. The second-order valence-corrected chi connectivity index (χ2v) is 10.2. The summed E-state index contributed by atoms with van der Waals surface area (Å²) in [7, 11) is -4.34. The molecule has 0 atom stereocenters. The molecule has 0 saturated carbocycles. The van der Waals surface area contributed by atoms with Crippen LogP contribution in [0.2, 0.25) is 0 Å². The number of hydrogen-bond donors (Lipinski definition) is 0. The molecule has 3 aromatic rings. The minimum absolute atomic E-state index is 0.158. The van der Waals surface area contributed by atoms with E-state index < -0.39 is 19.0 Å². The number of carbonyl (C=O) groups excluding carboxylic acids is 2. The molecule has 0 aliphatic heterocycles. The van der Waals surface area contributed by atoms with Crippen LogP contribution in [-0.2, 0) is 18.6 Å². The fourth-order valence-corrected chi connectivity index (χ4v) is 8.10. The van der Waals surface area contributed by atoms with Crippen LogP contribution in [0.25, 0.3) is 0 Å². The van der Waals surface area contributed by atoms with Crippen LogP contribution in [-0.4, -0.2) is 11.9 Å². The zero-order chi connectivity index (χ0) is 20.1. The molecule has 0 radical (unpaired) electrons. The molecule has 0 amide bonds. The molecule has 5 heteroatoms. The van der Waals surface area contributed by atoms with Crippen molar-refractivity contribution in [2.75, 3.05) is 0 Å². The zero-order valence-electron chi connectivity index (χ0n) is 15.9. The van der Waals surface area contributed by atoms with Crippen molar-refractivity contribution in [1.82, 2.24) is 0 Å². The summed E-state index contributed by atoms with van der Waals surface area (Å²) in [6.07, 6.45) is 0.158. The van der Waals surface area contributed by atoms with E-state index in [9.17, 15) is 9.59 Å². The maximum absolute atomic E-state index is 12.8. The molecule has 0 aromatic heterocycles. The predicted molar refractivity (Wildman–Crippen MR) is 113 cm³/mol. The number of rotatable bonds is 6. The van der Waals surface area contributed by atoms with Crippen molar-refractivity contribution in [3.63, 3.8) is 0 Å². The summed E-state index contributed by atoms with van der Waals surface area (Å²) < 4.78 is 12.5. The van der Waals surface area contributed by atoms with Crippen LogP contribution in [0.4, 0.5) is 0 Å². The Bertz CT molecular complexity index is 856. The van der Waals surface area contributed by atoms with Gasteiger partial charge >= 0.3 is 165 Å². The van der Waals surface area contributed by atoms with Crippen LogP contribution < -0.4 is 15.9 Å². The fourth-order valence-electron chi connectivity index (χ4n) is 3.38. The van der Waals surface area contributed by atoms with E-state index in [1.807, 2.05) is 91.0 Å². The van der Waals surface area contributed by atoms with Gasteiger partial charge in [0.15, 0.2) is 0 Å². The van der Waals surface area contributed by atoms with Gasteiger partial charge in [-0.1, -0.05) is 0 Å². The van der Waals surface area contributed by atoms with E-state index in [1.165, 1.54) is 6.92 Å². The van der Waals surface area contributed by atoms with E-state index in [2.05, 4.69) is 0 Å². The Balaban J connectivity index is 2.54. The van der Waals surface area contributed by atoms with Crippen LogP contribution >= 0.6 is 7.06 Å². The van der Waals surface area contributed by atoms with Crippen LogP contribution in [0.1, 0.15) is 20.3 Å². The van der Waals surface area contributed by atoms with Gasteiger partial charge in [0.1, 0.15) is 0 Å². The molecule has 28 heavy (non-hydrogen) atoms. The summed E-state index contributed by atoms with van der Waals surface area (Å²) in [6.45, 7) is 3.07. The van der Waals surface area contributed by atoms with Gasteiger partial charge in [-0.05, 0) is 0 Å². The number of carbonyl (C=O) groups is 2. The van der Waals surface area contributed by atoms with Crippen molar-refractivity contribution >= 4 is 34.9 Å². The van der Waals surface area contributed by atoms with Gasteiger partial charge in [-0.3, -0.25) is 0 Å². The van der Waals surface area contributed by atoms with Crippen LogP contribution in [0.15, 0.2) is 91.0 Å². The van der Waals surface area contributed by atoms with Crippen molar-refractivity contribution in [1.29, 1.82) is 0 Å². The van der Waals surface area contributed by atoms with Crippen LogP contribution in [0.3, 0.4) is 0 Å². The normalized spacial score (nSPS) is 12.4. The third-order valence-corrected chi connectivity index (χ3v) is 9.41. The van der Waals surface area contributed by atoms with E-state index in [1.54, 1.807) is 6.92 Å². The fraction of sp³-hybridized carbons (Fsp3) is 0.130. The number of benzene rings is 3. The molecular formula is C23H23O4P. The average molecular weight is 394 g/mol. The zero-order valence-corrected chi connectivity index (χ0v) is 16.8. The molecule has 0 saturated heterocycles. The maximum atomic E-state index is 12.8. The minimum atomic E-state index is -4.34. The van der Waals surface area contributed by atoms with E-state index in [0.717, 1.165) is 0 Å².